The summed E-state index contributed by atoms with van der Waals surface area (Å²) >= 11 is 3.04. The number of amides is 1. The van der Waals surface area contributed by atoms with Crippen LogP contribution < -0.4 is 0 Å². The van der Waals surface area contributed by atoms with Gasteiger partial charge in [-0.2, -0.15) is 0 Å². The molecule has 9 heteroatoms. The summed E-state index contributed by atoms with van der Waals surface area (Å²) in [5.74, 6) is -1.96. The van der Waals surface area contributed by atoms with Gasteiger partial charge in [0.25, 0.3) is 0 Å². The van der Waals surface area contributed by atoms with Gasteiger partial charge in [0, 0.05) is 11.0 Å². The molecule has 0 bridgehead atoms. The lowest BCUT2D eigenvalue weighted by atomic mass is 9.83. The standard InChI is InChI=1S/C15H15N3O4S2/c1-6(19)10-8-3-7(11(15(21)22)18(8)13(10)20)9-4-24-14-12(23-2)16-5-17(9)14/h4-6,8,10,19H,3H2,1-2H3,(H,21,22)/t6-,8-,10-/m1/s1. The Labute approximate surface area is 145 Å². The molecule has 4 heterocycles. The summed E-state index contributed by atoms with van der Waals surface area (Å²) in [6.07, 6.45) is 3.27. The Bertz CT molecular complexity index is 898. The minimum absolute atomic E-state index is 0.0287. The van der Waals surface area contributed by atoms with E-state index in [-0.39, 0.29) is 17.6 Å². The molecule has 2 aliphatic rings. The van der Waals surface area contributed by atoms with E-state index in [2.05, 4.69) is 4.98 Å². The van der Waals surface area contributed by atoms with Crippen molar-refractivity contribution < 1.29 is 19.8 Å². The van der Waals surface area contributed by atoms with Crippen LogP contribution in [0, 0.1) is 5.92 Å². The van der Waals surface area contributed by atoms with Crippen molar-refractivity contribution in [3.63, 3.8) is 0 Å². The first-order chi connectivity index (χ1) is 11.5. The number of aromatic nitrogens is 2. The van der Waals surface area contributed by atoms with Crippen molar-refractivity contribution >= 4 is 45.4 Å². The van der Waals surface area contributed by atoms with E-state index in [0.29, 0.717) is 12.0 Å². The summed E-state index contributed by atoms with van der Waals surface area (Å²) in [4.78, 5) is 30.7. The molecule has 2 aliphatic heterocycles. The number of hydrogen-bond donors (Lipinski definition) is 2. The van der Waals surface area contributed by atoms with Crippen LogP contribution in [0.1, 0.15) is 19.0 Å². The largest absolute Gasteiger partial charge is 0.477 e. The summed E-state index contributed by atoms with van der Waals surface area (Å²) in [7, 11) is 0. The molecule has 126 valence electrons. The minimum Gasteiger partial charge on any atom is -0.477 e. The van der Waals surface area contributed by atoms with Crippen molar-refractivity contribution in [2.24, 2.45) is 5.92 Å². The van der Waals surface area contributed by atoms with Crippen LogP contribution in [0.25, 0.3) is 10.4 Å². The van der Waals surface area contributed by atoms with Gasteiger partial charge in [0.1, 0.15) is 21.9 Å². The molecule has 2 aromatic heterocycles. The summed E-state index contributed by atoms with van der Waals surface area (Å²) in [6, 6.07) is -0.280. The van der Waals surface area contributed by atoms with Crippen molar-refractivity contribution in [3.8, 4) is 0 Å². The molecule has 0 unspecified atom stereocenters. The lowest BCUT2D eigenvalue weighted by Gasteiger charge is -2.44. The van der Waals surface area contributed by atoms with Crippen LogP contribution in [0.15, 0.2) is 22.4 Å². The highest BCUT2D eigenvalue weighted by atomic mass is 32.2. The summed E-state index contributed by atoms with van der Waals surface area (Å²) in [6.45, 7) is 1.57. The summed E-state index contributed by atoms with van der Waals surface area (Å²) in [5, 5.41) is 22.2. The Morgan fingerprint density at radius 2 is 2.29 bits per heavy atom. The van der Waals surface area contributed by atoms with E-state index < -0.39 is 18.0 Å². The normalized spacial score (nSPS) is 24.5. The minimum atomic E-state index is -1.12. The summed E-state index contributed by atoms with van der Waals surface area (Å²) in [5.41, 5.74) is 1.41. The van der Waals surface area contributed by atoms with Gasteiger partial charge in [0.15, 0.2) is 0 Å². The zero-order valence-corrected chi connectivity index (χ0v) is 14.6. The molecule has 2 N–H and O–H groups in total. The number of rotatable bonds is 4. The van der Waals surface area contributed by atoms with Gasteiger partial charge < -0.3 is 15.1 Å². The lowest BCUT2D eigenvalue weighted by molar-refractivity contribution is -0.161. The van der Waals surface area contributed by atoms with Gasteiger partial charge in [-0.25, -0.2) is 9.78 Å². The molecule has 1 saturated heterocycles. The Morgan fingerprint density at radius 3 is 2.92 bits per heavy atom. The third kappa shape index (κ3) is 1.92. The van der Waals surface area contributed by atoms with Crippen LogP contribution in [-0.2, 0) is 9.59 Å². The molecule has 1 fully saturated rings. The highest BCUT2D eigenvalue weighted by Gasteiger charge is 2.57. The molecule has 0 radical (unpaired) electrons. The highest BCUT2D eigenvalue weighted by Crippen LogP contribution is 2.47. The molecular weight excluding hydrogens is 350 g/mol. The van der Waals surface area contributed by atoms with Crippen molar-refractivity contribution in [1.82, 2.24) is 14.3 Å². The molecule has 0 saturated carbocycles. The molecule has 0 spiro atoms. The molecular formula is C15H15N3O4S2. The molecule has 7 nitrogen and oxygen atoms in total. The Balaban J connectivity index is 1.83. The fourth-order valence-corrected chi connectivity index (χ4v) is 5.33. The molecule has 0 aliphatic carbocycles. The number of carbonyl (C=O) groups excluding carboxylic acids is 1. The smallest absolute Gasteiger partial charge is 0.352 e. The fraction of sp³-hybridized carbons (Fsp3) is 0.400. The number of carboxylic acid groups (broad SMARTS) is 1. The van der Waals surface area contributed by atoms with Crippen molar-refractivity contribution in [3.05, 3.63) is 23.1 Å². The van der Waals surface area contributed by atoms with Gasteiger partial charge >= 0.3 is 5.97 Å². The molecule has 1 amide bonds. The maximum atomic E-state index is 12.3. The van der Waals surface area contributed by atoms with Crippen molar-refractivity contribution in [1.29, 1.82) is 0 Å². The van der Waals surface area contributed by atoms with Gasteiger partial charge in [-0.15, -0.1) is 23.1 Å². The first-order valence-corrected chi connectivity index (χ1v) is 9.52. The molecule has 4 rings (SSSR count). The van der Waals surface area contributed by atoms with Crippen LogP contribution in [0.3, 0.4) is 0 Å². The molecule has 24 heavy (non-hydrogen) atoms. The molecule has 2 aromatic rings. The van der Waals surface area contributed by atoms with Gasteiger partial charge in [0.05, 0.1) is 23.8 Å². The number of aliphatic hydroxyl groups excluding tert-OH is 1. The van der Waals surface area contributed by atoms with E-state index in [1.54, 1.807) is 13.3 Å². The lowest BCUT2D eigenvalue weighted by Crippen LogP contribution is -2.61. The Morgan fingerprint density at radius 1 is 1.54 bits per heavy atom. The van der Waals surface area contributed by atoms with Gasteiger partial charge in [-0.1, -0.05) is 0 Å². The van der Waals surface area contributed by atoms with Gasteiger partial charge in [-0.3, -0.25) is 9.20 Å². The molecule has 0 aromatic carbocycles. The second kappa shape index (κ2) is 5.33. The number of aliphatic carboxylic acids is 1. The quantitative estimate of drug-likeness (QED) is 0.630. The van der Waals surface area contributed by atoms with E-state index in [1.807, 2.05) is 16.0 Å². The highest BCUT2D eigenvalue weighted by molar-refractivity contribution is 7.98. The number of thiazole rings is 1. The number of hydrogen-bond acceptors (Lipinski definition) is 6. The topological polar surface area (TPSA) is 95.1 Å². The number of fused-ring (bicyclic) bond motifs is 2. The maximum absolute atomic E-state index is 12.3. The van der Waals surface area contributed by atoms with Crippen LogP contribution in [-0.4, -0.2) is 54.8 Å². The number of aliphatic hydroxyl groups is 1. The first kappa shape index (κ1) is 15.7. The van der Waals surface area contributed by atoms with Gasteiger partial charge in [-0.05, 0) is 19.6 Å². The van der Waals surface area contributed by atoms with E-state index >= 15 is 0 Å². The number of imidazole rings is 1. The second-order valence-corrected chi connectivity index (χ2v) is 7.58. The van der Waals surface area contributed by atoms with E-state index in [9.17, 15) is 19.8 Å². The fourth-order valence-electron chi connectivity index (χ4n) is 3.62. The number of β-lactam (4-membered cyclic amide) rings is 1. The average Bonchev–Trinajstić information content (AvgIpc) is 3.17. The van der Waals surface area contributed by atoms with Crippen molar-refractivity contribution in [2.45, 2.75) is 30.5 Å². The monoisotopic (exact) mass is 365 g/mol. The van der Waals surface area contributed by atoms with Crippen molar-refractivity contribution in [2.75, 3.05) is 6.26 Å². The SMILES string of the molecule is CSc1ncn2c(C3=C(C(=O)O)N4C(=O)[C@H]([C@@H](C)O)[C@H]4C3)csc12. The van der Waals surface area contributed by atoms with Crippen LogP contribution in [0.4, 0.5) is 0 Å². The van der Waals surface area contributed by atoms with Crippen LogP contribution in [0.2, 0.25) is 0 Å². The Kier molecular flexibility index (Phi) is 3.48. The predicted octanol–water partition coefficient (Wildman–Crippen LogP) is 1.52. The predicted molar refractivity (Wildman–Crippen MR) is 89.8 cm³/mol. The second-order valence-electron chi connectivity index (χ2n) is 5.93. The van der Waals surface area contributed by atoms with E-state index in [0.717, 1.165) is 15.6 Å². The maximum Gasteiger partial charge on any atom is 0.352 e. The average molecular weight is 365 g/mol. The number of carbonyl (C=O) groups is 2. The summed E-state index contributed by atoms with van der Waals surface area (Å²) < 4.78 is 1.88. The zero-order chi connectivity index (χ0) is 17.2. The van der Waals surface area contributed by atoms with E-state index in [1.165, 1.54) is 28.0 Å². The number of carboxylic acids is 1. The van der Waals surface area contributed by atoms with Crippen LogP contribution in [0.5, 0.6) is 0 Å². The third-order valence-electron chi connectivity index (χ3n) is 4.67. The van der Waals surface area contributed by atoms with Gasteiger partial charge in [0.2, 0.25) is 5.91 Å². The molecule has 3 atom stereocenters. The van der Waals surface area contributed by atoms with E-state index in [4.69, 9.17) is 0 Å². The number of thioether (sulfide) groups is 1. The Hall–Kier alpha value is -1.84. The zero-order valence-electron chi connectivity index (χ0n) is 13.0. The van der Waals surface area contributed by atoms with Crippen LogP contribution >= 0.6 is 23.1 Å². The number of nitrogens with zero attached hydrogens (tertiary/aromatic N) is 3. The third-order valence-corrected chi connectivity index (χ3v) is 6.44. The first-order valence-electron chi connectivity index (χ1n) is 7.42.